The van der Waals surface area contributed by atoms with Gasteiger partial charge in [-0.2, -0.15) is 5.26 Å². The Balaban J connectivity index is 4.58. The highest BCUT2D eigenvalue weighted by Crippen LogP contribution is 2.11. The maximum atomic E-state index is 11.7. The standard InChI is InChI=1S/C10H21N3O2S/c1-4-9(7-11)16(14,15)13-8-10(12,5-2)6-3/h9,13H,4-6,8,12H2,1-3H3. The van der Waals surface area contributed by atoms with E-state index in [2.05, 4.69) is 4.72 Å². The van der Waals surface area contributed by atoms with Crippen LogP contribution < -0.4 is 10.5 Å². The molecule has 0 aliphatic heterocycles. The molecule has 0 aromatic rings. The molecule has 5 nitrogen and oxygen atoms in total. The van der Waals surface area contributed by atoms with Crippen LogP contribution in [0.1, 0.15) is 40.0 Å². The van der Waals surface area contributed by atoms with Crippen LogP contribution in [0.5, 0.6) is 0 Å². The van der Waals surface area contributed by atoms with Crippen LogP contribution in [0.2, 0.25) is 0 Å². The summed E-state index contributed by atoms with van der Waals surface area (Å²) in [4.78, 5) is 0. The van der Waals surface area contributed by atoms with Gasteiger partial charge in [-0.15, -0.1) is 0 Å². The third-order valence-corrected chi connectivity index (χ3v) is 4.66. The molecular weight excluding hydrogens is 226 g/mol. The molecule has 0 aliphatic rings. The average molecular weight is 247 g/mol. The maximum absolute atomic E-state index is 11.7. The van der Waals surface area contributed by atoms with E-state index in [0.717, 1.165) is 0 Å². The Morgan fingerprint density at radius 2 is 1.88 bits per heavy atom. The largest absolute Gasteiger partial charge is 0.324 e. The topological polar surface area (TPSA) is 96.0 Å². The molecule has 0 bridgehead atoms. The third-order valence-electron chi connectivity index (χ3n) is 2.92. The first-order chi connectivity index (χ1) is 7.35. The van der Waals surface area contributed by atoms with Crippen molar-refractivity contribution >= 4 is 10.0 Å². The van der Waals surface area contributed by atoms with E-state index in [1.54, 1.807) is 13.0 Å². The Bertz CT molecular complexity index is 342. The van der Waals surface area contributed by atoms with Crippen molar-refractivity contribution in [3.8, 4) is 6.07 Å². The van der Waals surface area contributed by atoms with E-state index >= 15 is 0 Å². The molecule has 0 spiro atoms. The smallest absolute Gasteiger partial charge is 0.228 e. The van der Waals surface area contributed by atoms with E-state index in [1.807, 2.05) is 13.8 Å². The number of nitrogens with one attached hydrogen (secondary N) is 1. The molecule has 0 rings (SSSR count). The number of hydrogen-bond acceptors (Lipinski definition) is 4. The second kappa shape index (κ2) is 6.18. The van der Waals surface area contributed by atoms with E-state index in [9.17, 15) is 8.42 Å². The van der Waals surface area contributed by atoms with Gasteiger partial charge in [0.2, 0.25) is 10.0 Å². The molecule has 0 aromatic heterocycles. The first kappa shape index (κ1) is 15.4. The molecule has 0 amide bonds. The summed E-state index contributed by atoms with van der Waals surface area (Å²) in [5, 5.41) is 7.71. The maximum Gasteiger partial charge on any atom is 0.228 e. The van der Waals surface area contributed by atoms with E-state index in [4.69, 9.17) is 11.0 Å². The van der Waals surface area contributed by atoms with E-state index in [-0.39, 0.29) is 13.0 Å². The molecule has 3 N–H and O–H groups in total. The molecular formula is C10H21N3O2S. The van der Waals surface area contributed by atoms with Crippen molar-refractivity contribution in [1.82, 2.24) is 4.72 Å². The highest BCUT2D eigenvalue weighted by atomic mass is 32.2. The predicted molar refractivity (Wildman–Crippen MR) is 64.1 cm³/mol. The molecule has 0 aromatic carbocycles. The second-order valence-corrected chi connectivity index (χ2v) is 5.91. The van der Waals surface area contributed by atoms with Gasteiger partial charge in [-0.05, 0) is 19.3 Å². The predicted octanol–water partition coefficient (Wildman–Crippen LogP) is 0.725. The zero-order chi connectivity index (χ0) is 12.8. The molecule has 16 heavy (non-hydrogen) atoms. The lowest BCUT2D eigenvalue weighted by molar-refractivity contribution is 0.391. The lowest BCUT2D eigenvalue weighted by atomic mass is 9.95. The molecule has 94 valence electrons. The average Bonchev–Trinajstić information content (AvgIpc) is 2.27. The Labute approximate surface area is 98.1 Å². The van der Waals surface area contributed by atoms with Gasteiger partial charge < -0.3 is 5.73 Å². The van der Waals surface area contributed by atoms with Gasteiger partial charge in [0.25, 0.3) is 0 Å². The van der Waals surface area contributed by atoms with E-state index in [1.165, 1.54) is 0 Å². The van der Waals surface area contributed by atoms with Crippen LogP contribution in [0.3, 0.4) is 0 Å². The van der Waals surface area contributed by atoms with Crippen LogP contribution in [0, 0.1) is 11.3 Å². The summed E-state index contributed by atoms with van der Waals surface area (Å²) >= 11 is 0. The number of nitrogens with zero attached hydrogens (tertiary/aromatic N) is 1. The van der Waals surface area contributed by atoms with Crippen LogP contribution in [0.4, 0.5) is 0 Å². The summed E-state index contributed by atoms with van der Waals surface area (Å²) in [6.45, 7) is 5.68. The summed E-state index contributed by atoms with van der Waals surface area (Å²) in [5.74, 6) is 0. The van der Waals surface area contributed by atoms with E-state index in [0.29, 0.717) is 12.8 Å². The fraction of sp³-hybridized carbons (Fsp3) is 0.900. The number of nitriles is 1. The molecule has 0 saturated heterocycles. The molecule has 0 fully saturated rings. The lowest BCUT2D eigenvalue weighted by Gasteiger charge is -2.27. The second-order valence-electron chi connectivity index (χ2n) is 3.96. The zero-order valence-corrected chi connectivity index (χ0v) is 11.0. The Morgan fingerprint density at radius 1 is 1.38 bits per heavy atom. The Hall–Kier alpha value is -0.640. The van der Waals surface area contributed by atoms with Gasteiger partial charge in [0.1, 0.15) is 0 Å². The van der Waals surface area contributed by atoms with Crippen LogP contribution in [-0.4, -0.2) is 25.8 Å². The SMILES string of the molecule is CCC(C#N)S(=O)(=O)NCC(N)(CC)CC. The van der Waals surface area contributed by atoms with Crippen molar-refractivity contribution in [3.05, 3.63) is 0 Å². The molecule has 0 radical (unpaired) electrons. The summed E-state index contributed by atoms with van der Waals surface area (Å²) in [6.07, 6.45) is 1.66. The van der Waals surface area contributed by atoms with Gasteiger partial charge >= 0.3 is 0 Å². The van der Waals surface area contributed by atoms with Gasteiger partial charge in [0.15, 0.2) is 5.25 Å². The van der Waals surface area contributed by atoms with Gasteiger partial charge in [0, 0.05) is 12.1 Å². The van der Waals surface area contributed by atoms with Crippen molar-refractivity contribution in [2.45, 2.75) is 50.8 Å². The quantitative estimate of drug-likeness (QED) is 0.693. The molecule has 0 saturated carbocycles. The molecule has 1 atom stereocenters. The molecule has 6 heteroatoms. The fourth-order valence-electron chi connectivity index (χ4n) is 1.23. The monoisotopic (exact) mass is 247 g/mol. The first-order valence-electron chi connectivity index (χ1n) is 5.52. The highest BCUT2D eigenvalue weighted by molar-refractivity contribution is 7.90. The minimum absolute atomic E-state index is 0.181. The third kappa shape index (κ3) is 4.08. The van der Waals surface area contributed by atoms with Gasteiger partial charge in [-0.25, -0.2) is 13.1 Å². The van der Waals surface area contributed by atoms with Gasteiger partial charge in [-0.1, -0.05) is 20.8 Å². The van der Waals surface area contributed by atoms with Gasteiger partial charge in [-0.3, -0.25) is 0 Å². The molecule has 0 aliphatic carbocycles. The first-order valence-corrected chi connectivity index (χ1v) is 7.06. The normalized spacial score (nSPS) is 14.4. The lowest BCUT2D eigenvalue weighted by Crippen LogP contribution is -2.50. The molecule has 0 heterocycles. The number of nitrogens with two attached hydrogens (primary N) is 1. The van der Waals surface area contributed by atoms with E-state index < -0.39 is 20.8 Å². The minimum Gasteiger partial charge on any atom is -0.324 e. The minimum atomic E-state index is -3.57. The van der Waals surface area contributed by atoms with Gasteiger partial charge in [0.05, 0.1) is 6.07 Å². The van der Waals surface area contributed by atoms with Crippen molar-refractivity contribution in [2.75, 3.05) is 6.54 Å². The Morgan fingerprint density at radius 3 is 2.19 bits per heavy atom. The summed E-state index contributed by atoms with van der Waals surface area (Å²) in [7, 11) is -3.57. The fourth-order valence-corrected chi connectivity index (χ4v) is 2.49. The summed E-state index contributed by atoms with van der Waals surface area (Å²) < 4.78 is 25.8. The van der Waals surface area contributed by atoms with Crippen molar-refractivity contribution in [2.24, 2.45) is 5.73 Å². The van der Waals surface area contributed by atoms with Crippen molar-refractivity contribution in [3.63, 3.8) is 0 Å². The van der Waals surface area contributed by atoms with Crippen molar-refractivity contribution in [1.29, 1.82) is 5.26 Å². The Kier molecular flexibility index (Phi) is 5.94. The zero-order valence-electron chi connectivity index (χ0n) is 10.2. The summed E-state index contributed by atoms with van der Waals surface area (Å²) in [5.41, 5.74) is 5.45. The highest BCUT2D eigenvalue weighted by Gasteiger charge is 2.27. The van der Waals surface area contributed by atoms with Crippen LogP contribution in [0.25, 0.3) is 0 Å². The van der Waals surface area contributed by atoms with Crippen LogP contribution in [-0.2, 0) is 10.0 Å². The van der Waals surface area contributed by atoms with Crippen LogP contribution in [0.15, 0.2) is 0 Å². The number of hydrogen-bond donors (Lipinski definition) is 2. The van der Waals surface area contributed by atoms with Crippen molar-refractivity contribution < 1.29 is 8.42 Å². The number of rotatable bonds is 7. The number of sulfonamides is 1. The van der Waals surface area contributed by atoms with Crippen LogP contribution >= 0.6 is 0 Å². The molecule has 1 unspecified atom stereocenters. The summed E-state index contributed by atoms with van der Waals surface area (Å²) in [6, 6.07) is 1.77.